The van der Waals surface area contributed by atoms with E-state index in [9.17, 15) is 0 Å². The van der Waals surface area contributed by atoms with Crippen LogP contribution in [-0.4, -0.2) is 31.2 Å². The van der Waals surface area contributed by atoms with Crippen molar-refractivity contribution in [1.82, 2.24) is 19.7 Å². The minimum absolute atomic E-state index is 0.0813. The third-order valence-electron chi connectivity index (χ3n) is 5.12. The summed E-state index contributed by atoms with van der Waals surface area (Å²) in [5.74, 6) is 1.92. The van der Waals surface area contributed by atoms with Gasteiger partial charge >= 0.3 is 6.01 Å². The lowest BCUT2D eigenvalue weighted by atomic mass is 9.83. The molecule has 0 spiro atoms. The van der Waals surface area contributed by atoms with Gasteiger partial charge in [0.05, 0.1) is 17.7 Å². The maximum atomic E-state index is 6.10. The van der Waals surface area contributed by atoms with Crippen LogP contribution in [0.25, 0.3) is 11.0 Å². The number of aromatic nitrogens is 4. The van der Waals surface area contributed by atoms with Crippen LogP contribution in [0.5, 0.6) is 6.01 Å². The zero-order valence-electron chi connectivity index (χ0n) is 15.1. The Hall–Kier alpha value is -1.37. The summed E-state index contributed by atoms with van der Waals surface area (Å²) in [5.41, 5.74) is 6.89. The topological polar surface area (TPSA) is 78.9 Å². The molecular formula is C18H28BrN5O. The highest BCUT2D eigenvalue weighted by molar-refractivity contribution is 9.09. The Balaban J connectivity index is 1.76. The van der Waals surface area contributed by atoms with Gasteiger partial charge in [0.15, 0.2) is 5.65 Å². The largest absolute Gasteiger partial charge is 0.460 e. The van der Waals surface area contributed by atoms with Gasteiger partial charge in [-0.3, -0.25) is 0 Å². The van der Waals surface area contributed by atoms with Gasteiger partial charge in [-0.1, -0.05) is 29.3 Å². The summed E-state index contributed by atoms with van der Waals surface area (Å²) in [6.45, 7) is 5.06. The fourth-order valence-electron chi connectivity index (χ4n) is 3.60. The van der Waals surface area contributed by atoms with Crippen LogP contribution < -0.4 is 10.5 Å². The van der Waals surface area contributed by atoms with Gasteiger partial charge in [0.1, 0.15) is 5.82 Å². The molecule has 2 N–H and O–H groups in total. The highest BCUT2D eigenvalue weighted by Crippen LogP contribution is 2.31. The molecule has 1 unspecified atom stereocenters. The lowest BCUT2D eigenvalue weighted by Crippen LogP contribution is -2.20. The number of halogens is 1. The first-order valence-corrected chi connectivity index (χ1v) is 10.4. The summed E-state index contributed by atoms with van der Waals surface area (Å²) >= 11 is 3.61. The average Bonchev–Trinajstić information content (AvgIpc) is 2.99. The lowest BCUT2D eigenvalue weighted by molar-refractivity contribution is 0.193. The number of nitrogens with two attached hydrogens (primary N) is 1. The van der Waals surface area contributed by atoms with Gasteiger partial charge in [-0.05, 0) is 50.9 Å². The first-order chi connectivity index (χ1) is 12.1. The van der Waals surface area contributed by atoms with Crippen molar-refractivity contribution in [3.05, 3.63) is 6.20 Å². The third-order valence-corrected chi connectivity index (χ3v) is 6.04. The molecule has 138 valence electrons. The summed E-state index contributed by atoms with van der Waals surface area (Å²) in [4.78, 5) is 8.89. The van der Waals surface area contributed by atoms with Crippen LogP contribution in [0.15, 0.2) is 6.20 Å². The van der Waals surface area contributed by atoms with Crippen molar-refractivity contribution in [2.45, 2.75) is 65.0 Å². The standard InChI is InChI=1S/C18H28BrN5O/c1-3-4-12(2)25-18-22-16(20)15-10-21-24(17(15)23-18)11-14-7-5-13(9-19)6-8-14/h10,12-14H,3-9,11H2,1-2H3,(H2,20,22,23). The van der Waals surface area contributed by atoms with Crippen LogP contribution in [0, 0.1) is 11.8 Å². The zero-order chi connectivity index (χ0) is 17.8. The van der Waals surface area contributed by atoms with Gasteiger partial charge < -0.3 is 10.5 Å². The Morgan fingerprint density at radius 3 is 2.68 bits per heavy atom. The summed E-state index contributed by atoms with van der Waals surface area (Å²) < 4.78 is 7.81. The predicted molar refractivity (Wildman–Crippen MR) is 104 cm³/mol. The van der Waals surface area contributed by atoms with Crippen molar-refractivity contribution in [3.8, 4) is 6.01 Å². The van der Waals surface area contributed by atoms with Crippen molar-refractivity contribution in [1.29, 1.82) is 0 Å². The van der Waals surface area contributed by atoms with Crippen LogP contribution in [0.4, 0.5) is 5.82 Å². The molecule has 2 heterocycles. The van der Waals surface area contributed by atoms with E-state index in [1.807, 2.05) is 11.6 Å². The molecule has 0 aliphatic heterocycles. The minimum Gasteiger partial charge on any atom is -0.460 e. The molecule has 1 aliphatic carbocycles. The SMILES string of the molecule is CCCC(C)Oc1nc(N)c2cnn(CC3CCC(CBr)CC3)c2n1. The van der Waals surface area contributed by atoms with Gasteiger partial charge in [0.2, 0.25) is 0 Å². The van der Waals surface area contributed by atoms with Crippen LogP contribution in [0.3, 0.4) is 0 Å². The average molecular weight is 410 g/mol. The molecule has 1 saturated carbocycles. The van der Waals surface area contributed by atoms with Crippen LogP contribution >= 0.6 is 15.9 Å². The number of hydrogen-bond donors (Lipinski definition) is 1. The molecule has 1 atom stereocenters. The minimum atomic E-state index is 0.0813. The number of hydrogen-bond acceptors (Lipinski definition) is 5. The second kappa shape index (κ2) is 8.34. The highest BCUT2D eigenvalue weighted by atomic mass is 79.9. The quantitative estimate of drug-likeness (QED) is 0.693. The Bertz CT molecular complexity index is 696. The number of fused-ring (bicyclic) bond motifs is 1. The Labute approximate surface area is 157 Å². The van der Waals surface area contributed by atoms with Crippen LogP contribution in [-0.2, 0) is 6.54 Å². The first kappa shape index (κ1) is 18.4. The number of alkyl halides is 1. The van der Waals surface area contributed by atoms with Gasteiger partial charge in [-0.2, -0.15) is 15.1 Å². The van der Waals surface area contributed by atoms with E-state index >= 15 is 0 Å². The number of ether oxygens (including phenoxy) is 1. The molecule has 2 aromatic heterocycles. The van der Waals surface area contributed by atoms with Gasteiger partial charge in [0.25, 0.3) is 0 Å². The lowest BCUT2D eigenvalue weighted by Gasteiger charge is -2.27. The second-order valence-corrected chi connectivity index (χ2v) is 7.86. The van der Waals surface area contributed by atoms with Gasteiger partial charge in [0, 0.05) is 11.9 Å². The molecule has 1 aliphatic rings. The fourth-order valence-corrected chi connectivity index (χ4v) is 4.25. The zero-order valence-corrected chi connectivity index (χ0v) is 16.7. The van der Waals surface area contributed by atoms with E-state index in [0.717, 1.165) is 41.7 Å². The van der Waals surface area contributed by atoms with E-state index in [1.165, 1.54) is 25.7 Å². The summed E-state index contributed by atoms with van der Waals surface area (Å²) in [7, 11) is 0. The Morgan fingerprint density at radius 1 is 1.28 bits per heavy atom. The van der Waals surface area contributed by atoms with Gasteiger partial charge in [-0.15, -0.1) is 0 Å². The van der Waals surface area contributed by atoms with Crippen molar-refractivity contribution >= 4 is 32.8 Å². The van der Waals surface area contributed by atoms with E-state index in [0.29, 0.717) is 17.7 Å². The number of nitrogen functional groups attached to an aromatic ring is 1. The van der Waals surface area contributed by atoms with Crippen LogP contribution in [0.1, 0.15) is 52.4 Å². The summed E-state index contributed by atoms with van der Waals surface area (Å²) in [6.07, 6.45) is 8.95. The van der Waals surface area contributed by atoms with Crippen molar-refractivity contribution in [2.75, 3.05) is 11.1 Å². The monoisotopic (exact) mass is 409 g/mol. The predicted octanol–water partition coefficient (Wildman–Crippen LogP) is 4.18. The van der Waals surface area contributed by atoms with E-state index in [-0.39, 0.29) is 6.10 Å². The smallest absolute Gasteiger partial charge is 0.320 e. The molecule has 2 aromatic rings. The van der Waals surface area contributed by atoms with E-state index in [4.69, 9.17) is 10.5 Å². The maximum absolute atomic E-state index is 6.10. The van der Waals surface area contributed by atoms with E-state index < -0.39 is 0 Å². The third kappa shape index (κ3) is 4.43. The molecule has 3 rings (SSSR count). The summed E-state index contributed by atoms with van der Waals surface area (Å²) in [5, 5.41) is 6.44. The molecule has 0 bridgehead atoms. The molecule has 0 aromatic carbocycles. The molecule has 7 heteroatoms. The molecule has 6 nitrogen and oxygen atoms in total. The van der Waals surface area contributed by atoms with Crippen molar-refractivity contribution < 1.29 is 4.74 Å². The number of anilines is 1. The first-order valence-electron chi connectivity index (χ1n) is 9.32. The van der Waals surface area contributed by atoms with Gasteiger partial charge in [-0.25, -0.2) is 4.68 Å². The van der Waals surface area contributed by atoms with Crippen molar-refractivity contribution in [3.63, 3.8) is 0 Å². The molecular weight excluding hydrogens is 382 g/mol. The van der Waals surface area contributed by atoms with E-state index in [2.05, 4.69) is 37.9 Å². The normalized spacial score (nSPS) is 22.2. The van der Waals surface area contributed by atoms with Crippen LogP contribution in [0.2, 0.25) is 0 Å². The molecule has 0 radical (unpaired) electrons. The van der Waals surface area contributed by atoms with E-state index in [1.54, 1.807) is 6.20 Å². The summed E-state index contributed by atoms with van der Waals surface area (Å²) in [6, 6.07) is 0.357. The molecule has 0 amide bonds. The number of rotatable bonds is 7. The second-order valence-electron chi connectivity index (χ2n) is 7.21. The highest BCUT2D eigenvalue weighted by Gasteiger charge is 2.22. The molecule has 0 saturated heterocycles. The number of nitrogens with zero attached hydrogens (tertiary/aromatic N) is 4. The molecule has 1 fully saturated rings. The Morgan fingerprint density at radius 2 is 2.00 bits per heavy atom. The maximum Gasteiger partial charge on any atom is 0.320 e. The fraction of sp³-hybridized carbons (Fsp3) is 0.722. The Kier molecular flexibility index (Phi) is 6.15. The molecule has 25 heavy (non-hydrogen) atoms. The van der Waals surface area contributed by atoms with Crippen molar-refractivity contribution in [2.24, 2.45) is 11.8 Å².